The molecule has 1 heterocycles. The first-order valence-corrected chi connectivity index (χ1v) is 7.10. The van der Waals surface area contributed by atoms with Crippen molar-refractivity contribution in [3.8, 4) is 5.75 Å². The van der Waals surface area contributed by atoms with Gasteiger partial charge in [-0.1, -0.05) is 17.3 Å². The number of aryl methyl sites for hydroxylation is 2. The average molecular weight is 318 g/mol. The zero-order valence-corrected chi connectivity index (χ0v) is 13.0. The summed E-state index contributed by atoms with van der Waals surface area (Å²) >= 11 is 0. The Bertz CT molecular complexity index is 667. The second kappa shape index (κ2) is 7.98. The molecule has 2 rings (SSSR count). The van der Waals surface area contributed by atoms with Gasteiger partial charge < -0.3 is 19.3 Å². The van der Waals surface area contributed by atoms with E-state index in [0.717, 1.165) is 16.9 Å². The van der Waals surface area contributed by atoms with E-state index in [1.165, 1.54) is 12.3 Å². The van der Waals surface area contributed by atoms with Crippen LogP contribution in [0.2, 0.25) is 0 Å². The van der Waals surface area contributed by atoms with Gasteiger partial charge in [0.05, 0.1) is 13.0 Å². The topological polar surface area (TPSA) is 90.7 Å². The summed E-state index contributed by atoms with van der Waals surface area (Å²) in [6, 6.07) is 7.34. The van der Waals surface area contributed by atoms with Gasteiger partial charge in [0.1, 0.15) is 12.0 Å². The van der Waals surface area contributed by atoms with Crippen molar-refractivity contribution in [2.75, 3.05) is 18.5 Å². The lowest BCUT2D eigenvalue weighted by molar-refractivity contribution is -0.147. The minimum absolute atomic E-state index is 0.0601. The highest BCUT2D eigenvalue weighted by Gasteiger charge is 2.10. The zero-order chi connectivity index (χ0) is 16.7. The number of nitrogens with one attached hydrogen (secondary N) is 1. The van der Waals surface area contributed by atoms with Crippen LogP contribution in [0, 0.1) is 13.8 Å². The summed E-state index contributed by atoms with van der Waals surface area (Å²) in [6.07, 6.45) is 1.39. The molecule has 7 heteroatoms. The van der Waals surface area contributed by atoms with E-state index in [0.29, 0.717) is 0 Å². The summed E-state index contributed by atoms with van der Waals surface area (Å²) in [4.78, 5) is 23.1. The second-order valence-electron chi connectivity index (χ2n) is 4.96. The van der Waals surface area contributed by atoms with Crippen LogP contribution in [0.25, 0.3) is 0 Å². The number of hydrogen-bond acceptors (Lipinski definition) is 6. The first kappa shape index (κ1) is 16.5. The van der Waals surface area contributed by atoms with Gasteiger partial charge in [-0.25, -0.2) is 0 Å². The predicted octanol–water partition coefficient (Wildman–Crippen LogP) is 2.24. The number of anilines is 1. The first-order chi connectivity index (χ1) is 11.0. The van der Waals surface area contributed by atoms with Crippen LogP contribution in [0.3, 0.4) is 0 Å². The molecule has 1 aromatic carbocycles. The van der Waals surface area contributed by atoms with Crippen molar-refractivity contribution in [1.82, 2.24) is 5.16 Å². The van der Waals surface area contributed by atoms with E-state index in [9.17, 15) is 9.59 Å². The molecular formula is C16H18N2O5. The molecule has 1 amide bonds. The van der Waals surface area contributed by atoms with E-state index in [2.05, 4.69) is 15.0 Å². The molecule has 0 aliphatic rings. The molecule has 0 saturated heterocycles. The summed E-state index contributed by atoms with van der Waals surface area (Å²) in [6.45, 7) is 3.71. The Hall–Kier alpha value is -2.83. The predicted molar refractivity (Wildman–Crippen MR) is 82.1 cm³/mol. The molecule has 1 N–H and O–H groups in total. The highest BCUT2D eigenvalue weighted by atomic mass is 16.5. The first-order valence-electron chi connectivity index (χ1n) is 7.10. The summed E-state index contributed by atoms with van der Waals surface area (Å²) in [7, 11) is 0. The zero-order valence-electron chi connectivity index (χ0n) is 13.0. The third-order valence-corrected chi connectivity index (χ3v) is 2.98. The summed E-state index contributed by atoms with van der Waals surface area (Å²) < 4.78 is 15.0. The third-order valence-electron chi connectivity index (χ3n) is 2.98. The number of hydrogen-bond donors (Lipinski definition) is 1. The van der Waals surface area contributed by atoms with Gasteiger partial charge in [-0.3, -0.25) is 9.59 Å². The van der Waals surface area contributed by atoms with Crippen LogP contribution in [0.1, 0.15) is 17.5 Å². The quantitative estimate of drug-likeness (QED) is 0.787. The maximum absolute atomic E-state index is 11.6. The minimum atomic E-state index is -0.509. The maximum Gasteiger partial charge on any atom is 0.309 e. The van der Waals surface area contributed by atoms with Crippen molar-refractivity contribution in [3.63, 3.8) is 0 Å². The number of esters is 1. The fraction of sp³-hybridized carbons (Fsp3) is 0.312. The van der Waals surface area contributed by atoms with Crippen LogP contribution in [0.5, 0.6) is 5.75 Å². The molecule has 0 aliphatic heterocycles. The van der Waals surface area contributed by atoms with Crippen LogP contribution in [0.15, 0.2) is 35.1 Å². The Kier molecular flexibility index (Phi) is 5.74. The smallest absolute Gasteiger partial charge is 0.309 e. The Morgan fingerprint density at radius 3 is 2.83 bits per heavy atom. The molecule has 0 saturated carbocycles. The number of aromatic nitrogens is 1. The Morgan fingerprint density at radius 2 is 2.09 bits per heavy atom. The van der Waals surface area contributed by atoms with E-state index < -0.39 is 11.9 Å². The molecule has 23 heavy (non-hydrogen) atoms. The standard InChI is InChI=1S/C16H18N2O5/c1-11-3-4-12(2)13(9-11)21-7-6-16(20)22-10-15(19)17-14-5-8-23-18-14/h3-5,8-9H,6-7,10H2,1-2H3,(H,17,18,19). The fourth-order valence-corrected chi connectivity index (χ4v) is 1.78. The lowest BCUT2D eigenvalue weighted by Gasteiger charge is -2.09. The molecule has 7 nitrogen and oxygen atoms in total. The number of rotatable bonds is 7. The number of carbonyl (C=O) groups excluding carboxylic acids is 2. The molecule has 0 atom stereocenters. The molecule has 0 aliphatic carbocycles. The van der Waals surface area contributed by atoms with Gasteiger partial charge in [-0.15, -0.1) is 0 Å². The lowest BCUT2D eigenvalue weighted by Crippen LogP contribution is -2.21. The summed E-state index contributed by atoms with van der Waals surface area (Å²) in [5, 5.41) is 5.94. The number of benzene rings is 1. The van der Waals surface area contributed by atoms with Gasteiger partial charge in [0, 0.05) is 6.07 Å². The number of nitrogens with zero attached hydrogens (tertiary/aromatic N) is 1. The second-order valence-corrected chi connectivity index (χ2v) is 4.96. The van der Waals surface area contributed by atoms with E-state index >= 15 is 0 Å². The number of carbonyl (C=O) groups is 2. The number of amides is 1. The summed E-state index contributed by atoms with van der Waals surface area (Å²) in [5.74, 6) is 0.0131. The largest absolute Gasteiger partial charge is 0.493 e. The van der Waals surface area contributed by atoms with Gasteiger partial charge in [0.2, 0.25) is 0 Å². The molecule has 0 unspecified atom stereocenters. The minimum Gasteiger partial charge on any atom is -0.493 e. The van der Waals surface area contributed by atoms with Crippen LogP contribution in [0.4, 0.5) is 5.82 Å². The van der Waals surface area contributed by atoms with E-state index in [1.807, 2.05) is 32.0 Å². The van der Waals surface area contributed by atoms with Gasteiger partial charge in [-0.2, -0.15) is 0 Å². The Morgan fingerprint density at radius 1 is 1.26 bits per heavy atom. The number of ether oxygens (including phenoxy) is 2. The molecule has 0 bridgehead atoms. The molecule has 1 aromatic heterocycles. The fourth-order valence-electron chi connectivity index (χ4n) is 1.78. The van der Waals surface area contributed by atoms with Crippen molar-refractivity contribution in [2.45, 2.75) is 20.3 Å². The van der Waals surface area contributed by atoms with Gasteiger partial charge >= 0.3 is 5.97 Å². The van der Waals surface area contributed by atoms with Crippen LogP contribution in [-0.2, 0) is 14.3 Å². The van der Waals surface area contributed by atoms with Crippen molar-refractivity contribution in [3.05, 3.63) is 41.7 Å². The molecule has 2 aromatic rings. The van der Waals surface area contributed by atoms with Gasteiger partial charge in [0.25, 0.3) is 5.91 Å². The highest BCUT2D eigenvalue weighted by Crippen LogP contribution is 2.19. The normalized spacial score (nSPS) is 10.2. The summed E-state index contributed by atoms with van der Waals surface area (Å²) in [5.41, 5.74) is 2.08. The average Bonchev–Trinajstić information content (AvgIpc) is 3.01. The SMILES string of the molecule is Cc1ccc(C)c(OCCC(=O)OCC(=O)Nc2ccon2)c1. The van der Waals surface area contributed by atoms with E-state index in [-0.39, 0.29) is 25.5 Å². The molecule has 0 spiro atoms. The van der Waals surface area contributed by atoms with Crippen LogP contribution >= 0.6 is 0 Å². The third kappa shape index (κ3) is 5.46. The Labute approximate surface area is 133 Å². The van der Waals surface area contributed by atoms with E-state index in [1.54, 1.807) is 0 Å². The van der Waals surface area contributed by atoms with Crippen molar-refractivity contribution >= 4 is 17.7 Å². The monoisotopic (exact) mass is 318 g/mol. The van der Waals surface area contributed by atoms with Crippen molar-refractivity contribution < 1.29 is 23.6 Å². The molecule has 0 fully saturated rings. The van der Waals surface area contributed by atoms with Crippen molar-refractivity contribution in [2.24, 2.45) is 0 Å². The van der Waals surface area contributed by atoms with Gasteiger partial charge in [-0.05, 0) is 31.0 Å². The van der Waals surface area contributed by atoms with E-state index in [4.69, 9.17) is 9.47 Å². The maximum atomic E-state index is 11.6. The van der Waals surface area contributed by atoms with Crippen LogP contribution < -0.4 is 10.1 Å². The molecule has 122 valence electrons. The lowest BCUT2D eigenvalue weighted by atomic mass is 10.1. The Balaban J connectivity index is 1.67. The van der Waals surface area contributed by atoms with Crippen molar-refractivity contribution in [1.29, 1.82) is 0 Å². The van der Waals surface area contributed by atoms with Gasteiger partial charge in [0.15, 0.2) is 12.4 Å². The van der Waals surface area contributed by atoms with Crippen LogP contribution in [-0.4, -0.2) is 30.2 Å². The highest BCUT2D eigenvalue weighted by molar-refractivity contribution is 5.91. The molecular weight excluding hydrogens is 300 g/mol. The molecule has 0 radical (unpaired) electrons.